The Balaban J connectivity index is 1.50. The maximum Gasteiger partial charge on any atom is 0.337 e. The molecular formula is C39H48FN5O4. The minimum Gasteiger partial charge on any atom is -0.493 e. The molecule has 0 saturated carbocycles. The van der Waals surface area contributed by atoms with E-state index in [4.69, 9.17) is 25.3 Å². The van der Waals surface area contributed by atoms with Crippen molar-refractivity contribution in [1.82, 2.24) is 14.8 Å². The van der Waals surface area contributed by atoms with E-state index in [9.17, 15) is 14.3 Å². The minimum absolute atomic E-state index is 0.163. The van der Waals surface area contributed by atoms with Gasteiger partial charge in [0.05, 0.1) is 29.2 Å². The van der Waals surface area contributed by atoms with Crippen LogP contribution < -0.4 is 15.4 Å². The molecule has 4 aromatic rings. The molecule has 9 nitrogen and oxygen atoms in total. The van der Waals surface area contributed by atoms with Gasteiger partial charge in [-0.1, -0.05) is 38.1 Å². The van der Waals surface area contributed by atoms with Crippen molar-refractivity contribution in [1.29, 1.82) is 0 Å². The molecule has 2 aromatic carbocycles. The predicted molar refractivity (Wildman–Crippen MR) is 190 cm³/mol. The second kappa shape index (κ2) is 13.5. The number of pyridine rings is 1. The van der Waals surface area contributed by atoms with E-state index < -0.39 is 17.7 Å². The first-order valence-corrected chi connectivity index (χ1v) is 17.2. The summed E-state index contributed by atoms with van der Waals surface area (Å²) < 4.78 is 27.5. The number of carboxylic acid groups (broad SMARTS) is 1. The Morgan fingerprint density at radius 2 is 1.73 bits per heavy atom. The number of aryl methyl sites for hydroxylation is 2. The van der Waals surface area contributed by atoms with E-state index in [0.29, 0.717) is 41.7 Å². The number of nitrogens with zero attached hydrogens (tertiary/aromatic N) is 4. The Labute approximate surface area is 288 Å². The van der Waals surface area contributed by atoms with Gasteiger partial charge in [0.15, 0.2) is 11.9 Å². The highest BCUT2D eigenvalue weighted by Gasteiger charge is 2.38. The van der Waals surface area contributed by atoms with Crippen molar-refractivity contribution >= 4 is 17.5 Å². The van der Waals surface area contributed by atoms with Crippen LogP contribution in [0.2, 0.25) is 0 Å². The highest BCUT2D eigenvalue weighted by atomic mass is 19.1. The second-order valence-corrected chi connectivity index (χ2v) is 15.1. The number of piperidine rings is 1. The normalized spacial score (nSPS) is 16.4. The zero-order chi connectivity index (χ0) is 35.1. The summed E-state index contributed by atoms with van der Waals surface area (Å²) in [6.45, 7) is 13.9. The van der Waals surface area contributed by atoms with Gasteiger partial charge in [0.2, 0.25) is 0 Å². The monoisotopic (exact) mass is 669 g/mol. The lowest BCUT2D eigenvalue weighted by molar-refractivity contribution is -0.160. The summed E-state index contributed by atoms with van der Waals surface area (Å²) in [5.74, 6) is 0.492. The topological polar surface area (TPSA) is 116 Å². The number of hydrogen-bond donors (Lipinski definition) is 2. The van der Waals surface area contributed by atoms with Crippen molar-refractivity contribution in [3.05, 3.63) is 82.4 Å². The molecule has 260 valence electrons. The van der Waals surface area contributed by atoms with E-state index in [1.54, 1.807) is 16.8 Å². The van der Waals surface area contributed by atoms with Crippen LogP contribution in [0.5, 0.6) is 5.75 Å². The van der Waals surface area contributed by atoms with Crippen molar-refractivity contribution in [2.45, 2.75) is 91.8 Å². The largest absolute Gasteiger partial charge is 0.493 e. The number of halogens is 1. The molecule has 1 fully saturated rings. The highest BCUT2D eigenvalue weighted by molar-refractivity contribution is 5.91. The summed E-state index contributed by atoms with van der Waals surface area (Å²) >= 11 is 0. The van der Waals surface area contributed by atoms with Crippen LogP contribution in [-0.4, -0.2) is 51.1 Å². The van der Waals surface area contributed by atoms with Gasteiger partial charge in [-0.05, 0) is 101 Å². The fraction of sp³-hybridized carbons (Fsp3) is 0.462. The van der Waals surface area contributed by atoms with Gasteiger partial charge in [0, 0.05) is 36.3 Å². The van der Waals surface area contributed by atoms with E-state index in [0.717, 1.165) is 78.8 Å². The van der Waals surface area contributed by atoms with Crippen LogP contribution in [0.1, 0.15) is 88.1 Å². The highest BCUT2D eigenvalue weighted by Crippen LogP contribution is 2.47. The number of rotatable bonds is 10. The fourth-order valence-corrected chi connectivity index (χ4v) is 6.90. The summed E-state index contributed by atoms with van der Waals surface area (Å²) in [4.78, 5) is 20.5. The zero-order valence-electron chi connectivity index (χ0n) is 29.5. The Bertz CT molecular complexity index is 1820. The number of ether oxygens (including phenoxy) is 2. The predicted octanol–water partition coefficient (Wildman–Crippen LogP) is 7.64. The molecular weight excluding hydrogens is 621 g/mol. The molecule has 0 bridgehead atoms. The number of hydrogen-bond acceptors (Lipinski definition) is 7. The van der Waals surface area contributed by atoms with E-state index in [1.807, 2.05) is 52.0 Å². The average Bonchev–Trinajstić information content (AvgIpc) is 3.63. The van der Waals surface area contributed by atoms with Crippen LogP contribution in [-0.2, 0) is 28.8 Å². The lowest BCUT2D eigenvalue weighted by Gasteiger charge is -2.41. The van der Waals surface area contributed by atoms with Crippen molar-refractivity contribution in [2.24, 2.45) is 5.41 Å². The van der Waals surface area contributed by atoms with Gasteiger partial charge in [-0.2, -0.15) is 9.78 Å². The Morgan fingerprint density at radius 3 is 2.35 bits per heavy atom. The number of benzene rings is 2. The van der Waals surface area contributed by atoms with Crippen molar-refractivity contribution in [2.75, 3.05) is 30.3 Å². The number of nitrogen functional groups attached to an aromatic ring is 1. The van der Waals surface area contributed by atoms with Crippen LogP contribution in [0.15, 0.2) is 48.5 Å². The molecule has 0 radical (unpaired) electrons. The van der Waals surface area contributed by atoms with Crippen molar-refractivity contribution in [3.8, 4) is 22.7 Å². The van der Waals surface area contributed by atoms with E-state index in [2.05, 4.69) is 18.7 Å². The van der Waals surface area contributed by atoms with Crippen molar-refractivity contribution in [3.63, 3.8) is 0 Å². The van der Waals surface area contributed by atoms with E-state index >= 15 is 0 Å². The van der Waals surface area contributed by atoms with E-state index in [1.165, 1.54) is 12.1 Å². The quantitative estimate of drug-likeness (QED) is 0.177. The van der Waals surface area contributed by atoms with Gasteiger partial charge < -0.3 is 25.2 Å². The van der Waals surface area contributed by atoms with Crippen LogP contribution >= 0.6 is 0 Å². The number of carboxylic acids is 1. The SMILES string of the molecule is Cc1nc(-n2nc3c(c2N)CCC3)c(-c2ccc(OCCc3ccc(F)cc3)cc2)c(N2CCC(C)(C)CC2)c1C(OC(C)(C)C)C(=O)O. The molecule has 3 N–H and O–H groups in total. The summed E-state index contributed by atoms with van der Waals surface area (Å²) in [6.07, 6.45) is 4.02. The first-order valence-electron chi connectivity index (χ1n) is 17.2. The number of aliphatic carboxylic acids is 1. The molecule has 2 aliphatic rings. The van der Waals surface area contributed by atoms with Crippen LogP contribution in [0.3, 0.4) is 0 Å². The van der Waals surface area contributed by atoms with Crippen LogP contribution in [0.4, 0.5) is 15.9 Å². The molecule has 1 saturated heterocycles. The fourth-order valence-electron chi connectivity index (χ4n) is 6.90. The Morgan fingerprint density at radius 1 is 1.06 bits per heavy atom. The first-order chi connectivity index (χ1) is 23.2. The third-order valence-electron chi connectivity index (χ3n) is 9.63. The molecule has 6 rings (SSSR count). The van der Waals surface area contributed by atoms with Gasteiger partial charge in [0.1, 0.15) is 17.4 Å². The molecule has 49 heavy (non-hydrogen) atoms. The summed E-state index contributed by atoms with van der Waals surface area (Å²) in [6, 6.07) is 14.2. The molecule has 2 aromatic heterocycles. The number of nitrogens with two attached hydrogens (primary N) is 1. The number of fused-ring (bicyclic) bond motifs is 1. The summed E-state index contributed by atoms with van der Waals surface area (Å²) in [5.41, 5.74) is 12.8. The van der Waals surface area contributed by atoms with Gasteiger partial charge in [-0.25, -0.2) is 14.2 Å². The molecule has 0 amide bonds. The second-order valence-electron chi connectivity index (χ2n) is 15.1. The first kappa shape index (κ1) is 34.4. The molecule has 0 spiro atoms. The minimum atomic E-state index is -1.25. The average molecular weight is 670 g/mol. The molecule has 1 unspecified atom stereocenters. The lowest BCUT2D eigenvalue weighted by atomic mass is 9.82. The van der Waals surface area contributed by atoms with Crippen LogP contribution in [0.25, 0.3) is 16.9 Å². The number of carbonyl (C=O) groups is 1. The standard InChI is InChI=1S/C39H48FN5O4/c1-24-31(34(37(46)47)49-38(2,3)4)33(44-21-19-39(5,6)20-22-44)32(36(42-24)45-35(41)29-8-7-9-30(29)43-45)26-12-16-28(17-13-26)48-23-18-25-10-14-27(40)15-11-25/h10-17,34H,7-9,18-23,41H2,1-6H3,(H,46,47). The third-order valence-corrected chi connectivity index (χ3v) is 9.63. The Kier molecular flexibility index (Phi) is 9.46. The molecule has 1 aliphatic carbocycles. The van der Waals surface area contributed by atoms with Gasteiger partial charge in [0.25, 0.3) is 0 Å². The van der Waals surface area contributed by atoms with Crippen LogP contribution in [0, 0.1) is 18.2 Å². The van der Waals surface area contributed by atoms with Gasteiger partial charge in [-0.3, -0.25) is 0 Å². The maximum absolute atomic E-state index is 13.3. The summed E-state index contributed by atoms with van der Waals surface area (Å²) in [5, 5.41) is 15.6. The van der Waals surface area contributed by atoms with Gasteiger partial charge >= 0.3 is 5.97 Å². The smallest absolute Gasteiger partial charge is 0.337 e. The number of aromatic nitrogens is 3. The van der Waals surface area contributed by atoms with Crippen molar-refractivity contribution < 1.29 is 23.8 Å². The summed E-state index contributed by atoms with van der Waals surface area (Å²) in [7, 11) is 0. The van der Waals surface area contributed by atoms with Gasteiger partial charge in [-0.15, -0.1) is 0 Å². The molecule has 1 atom stereocenters. The molecule has 1 aliphatic heterocycles. The third kappa shape index (κ3) is 7.44. The lowest BCUT2D eigenvalue weighted by Crippen LogP contribution is -2.39. The molecule has 10 heteroatoms. The molecule has 3 heterocycles. The Hall–Kier alpha value is -4.44. The van der Waals surface area contributed by atoms with E-state index in [-0.39, 0.29) is 11.2 Å². The maximum atomic E-state index is 13.3. The zero-order valence-corrected chi connectivity index (χ0v) is 29.5. The number of anilines is 2.